The number of anilines is 1. The van der Waals surface area contributed by atoms with Crippen LogP contribution in [0.3, 0.4) is 0 Å². The number of carbonyl (C=O) groups excluding carboxylic acids is 1. The summed E-state index contributed by atoms with van der Waals surface area (Å²) in [5.41, 5.74) is 4.20. The van der Waals surface area contributed by atoms with E-state index in [9.17, 15) is 18.3 Å². The normalized spacial score (nSPS) is 22.1. The molecule has 3 aromatic rings. The van der Waals surface area contributed by atoms with Crippen LogP contribution in [0.15, 0.2) is 48.2 Å². The van der Waals surface area contributed by atoms with Crippen molar-refractivity contribution in [3.8, 4) is 0 Å². The smallest absolute Gasteiger partial charge is 0.333 e. The number of aliphatic hydroxyl groups is 1. The molecule has 0 amide bonds. The first-order valence-electron chi connectivity index (χ1n) is 12.1. The van der Waals surface area contributed by atoms with Gasteiger partial charge in [-0.25, -0.2) is 15.1 Å². The van der Waals surface area contributed by atoms with Crippen LogP contribution in [0.5, 0.6) is 0 Å². The number of hydrogen-bond donors (Lipinski definition) is 3. The fraction of sp³-hybridized carbons (Fsp3) is 0.400. The van der Waals surface area contributed by atoms with Crippen molar-refractivity contribution >= 4 is 33.2 Å². The molecule has 2 aliphatic rings. The van der Waals surface area contributed by atoms with E-state index in [0.29, 0.717) is 29.1 Å². The van der Waals surface area contributed by atoms with E-state index in [4.69, 9.17) is 5.14 Å². The first-order chi connectivity index (χ1) is 17.7. The Morgan fingerprint density at radius 3 is 2.89 bits per heavy atom. The summed E-state index contributed by atoms with van der Waals surface area (Å²) in [5, 5.41) is 20.5. The zero-order valence-corrected chi connectivity index (χ0v) is 21.7. The minimum Gasteiger partial charge on any atom is -0.393 e. The average molecular weight is 544 g/mol. The first kappa shape index (κ1) is 25.9. The number of nitrogens with two attached hydrogens (primary N) is 1. The summed E-state index contributed by atoms with van der Waals surface area (Å²) in [7, 11) is -4.08. The monoisotopic (exact) mass is 543 g/mol. The number of thiophene rings is 1. The van der Waals surface area contributed by atoms with Crippen LogP contribution in [0.1, 0.15) is 44.8 Å². The summed E-state index contributed by atoms with van der Waals surface area (Å²) in [6.07, 6.45) is 3.91. The Morgan fingerprint density at radius 2 is 2.08 bits per heavy atom. The standard InChI is InChI=1S/C25H29N5O5S2/c26-37(33,34)35-13-19-8-20(9-22(19)31)29-25-21(10-27-15-28-25)24(32)23-7-16(14-36-23)11-30-6-5-17-3-1-2-4-18(17)12-30/h1-4,7,10,14-15,19-20,22,31H,5-6,8-9,11-13H2,(H2,26,33,34)(H,27,28,29)/t19-,20-,22+/m1/s1. The molecule has 1 aliphatic carbocycles. The summed E-state index contributed by atoms with van der Waals surface area (Å²) in [6.45, 7) is 2.45. The molecule has 1 aliphatic heterocycles. The van der Waals surface area contributed by atoms with Crippen LogP contribution in [0.25, 0.3) is 0 Å². The molecule has 2 aromatic heterocycles. The van der Waals surface area contributed by atoms with Crippen molar-refractivity contribution in [3.05, 3.63) is 75.4 Å². The van der Waals surface area contributed by atoms with Gasteiger partial charge in [-0.3, -0.25) is 13.9 Å². The molecule has 10 nitrogen and oxygen atoms in total. The molecule has 1 saturated carbocycles. The number of aliphatic hydroxyl groups excluding tert-OH is 1. The molecular formula is C25H29N5O5S2. The molecule has 1 fully saturated rings. The number of fused-ring (bicyclic) bond motifs is 1. The number of hydrogen-bond acceptors (Lipinski definition) is 10. The van der Waals surface area contributed by atoms with E-state index in [-0.39, 0.29) is 18.4 Å². The lowest BCUT2D eigenvalue weighted by Crippen LogP contribution is -2.29. The van der Waals surface area contributed by atoms with E-state index in [1.807, 2.05) is 11.4 Å². The van der Waals surface area contributed by atoms with Gasteiger partial charge in [0.15, 0.2) is 0 Å². The Kier molecular flexibility index (Phi) is 7.65. The summed E-state index contributed by atoms with van der Waals surface area (Å²) in [5.74, 6) is -0.192. The van der Waals surface area contributed by atoms with E-state index in [1.165, 1.54) is 35.0 Å². The number of nitrogens with one attached hydrogen (secondary N) is 1. The number of ketones is 1. The second-order valence-corrected chi connectivity index (χ2v) is 11.7. The van der Waals surface area contributed by atoms with Crippen molar-refractivity contribution < 1.29 is 22.5 Å². The second-order valence-electron chi connectivity index (χ2n) is 9.58. The van der Waals surface area contributed by atoms with Crippen LogP contribution < -0.4 is 10.5 Å². The molecule has 196 valence electrons. The van der Waals surface area contributed by atoms with Gasteiger partial charge in [-0.05, 0) is 47.4 Å². The molecule has 3 atom stereocenters. The Labute approximate surface area is 219 Å². The minimum absolute atomic E-state index is 0.170. The summed E-state index contributed by atoms with van der Waals surface area (Å²) >= 11 is 1.40. The highest BCUT2D eigenvalue weighted by Gasteiger charge is 2.35. The minimum atomic E-state index is -4.08. The molecule has 0 spiro atoms. The van der Waals surface area contributed by atoms with Crippen molar-refractivity contribution in [2.75, 3.05) is 18.5 Å². The molecule has 3 heterocycles. The van der Waals surface area contributed by atoms with Gasteiger partial charge in [0.05, 0.1) is 23.2 Å². The van der Waals surface area contributed by atoms with Gasteiger partial charge >= 0.3 is 10.3 Å². The zero-order chi connectivity index (χ0) is 26.0. The van der Waals surface area contributed by atoms with Crippen LogP contribution in [-0.2, 0) is 34.0 Å². The first-order valence-corrected chi connectivity index (χ1v) is 14.4. The molecule has 4 N–H and O–H groups in total. The summed E-state index contributed by atoms with van der Waals surface area (Å²) in [6, 6.07) is 10.2. The van der Waals surface area contributed by atoms with E-state index in [1.54, 1.807) is 0 Å². The van der Waals surface area contributed by atoms with E-state index >= 15 is 0 Å². The molecule has 0 bridgehead atoms. The Morgan fingerprint density at radius 1 is 1.27 bits per heavy atom. The van der Waals surface area contributed by atoms with Crippen molar-refractivity contribution in [3.63, 3.8) is 0 Å². The molecule has 37 heavy (non-hydrogen) atoms. The number of carbonyl (C=O) groups is 1. The number of rotatable bonds is 9. The lowest BCUT2D eigenvalue weighted by Gasteiger charge is -2.28. The highest BCUT2D eigenvalue weighted by molar-refractivity contribution is 7.84. The van der Waals surface area contributed by atoms with Crippen molar-refractivity contribution in [1.82, 2.24) is 14.9 Å². The molecule has 0 radical (unpaired) electrons. The van der Waals surface area contributed by atoms with Crippen LogP contribution in [-0.4, -0.2) is 59.5 Å². The van der Waals surface area contributed by atoms with Crippen LogP contribution >= 0.6 is 11.3 Å². The summed E-state index contributed by atoms with van der Waals surface area (Å²) < 4.78 is 26.8. The quantitative estimate of drug-likeness (QED) is 0.345. The van der Waals surface area contributed by atoms with Gasteiger partial charge in [-0.1, -0.05) is 24.3 Å². The van der Waals surface area contributed by atoms with Gasteiger partial charge in [0.1, 0.15) is 12.1 Å². The maximum Gasteiger partial charge on any atom is 0.333 e. The largest absolute Gasteiger partial charge is 0.393 e. The van der Waals surface area contributed by atoms with Crippen LogP contribution in [0.2, 0.25) is 0 Å². The molecular weight excluding hydrogens is 514 g/mol. The Hall–Kier alpha value is -2.74. The highest BCUT2D eigenvalue weighted by Crippen LogP contribution is 2.31. The average Bonchev–Trinajstić information content (AvgIpc) is 3.48. The maximum absolute atomic E-state index is 13.4. The van der Waals surface area contributed by atoms with Crippen molar-refractivity contribution in [1.29, 1.82) is 0 Å². The Bertz CT molecular complexity index is 1380. The fourth-order valence-electron chi connectivity index (χ4n) is 5.04. The third kappa shape index (κ3) is 6.40. The molecule has 0 unspecified atom stereocenters. The zero-order valence-electron chi connectivity index (χ0n) is 20.1. The lowest BCUT2D eigenvalue weighted by molar-refractivity contribution is 0.101. The predicted octanol–water partition coefficient (Wildman–Crippen LogP) is 2.10. The predicted molar refractivity (Wildman–Crippen MR) is 139 cm³/mol. The molecule has 1 aromatic carbocycles. The second kappa shape index (κ2) is 10.9. The highest BCUT2D eigenvalue weighted by atomic mass is 32.2. The van der Waals surface area contributed by atoms with Gasteiger partial charge in [-0.2, -0.15) is 8.42 Å². The van der Waals surface area contributed by atoms with Crippen molar-refractivity contribution in [2.24, 2.45) is 11.1 Å². The van der Waals surface area contributed by atoms with Crippen LogP contribution in [0, 0.1) is 5.92 Å². The van der Waals surface area contributed by atoms with Gasteiger partial charge in [-0.15, -0.1) is 11.3 Å². The SMILES string of the molecule is NS(=O)(=O)OC[C@H]1C[C@@H](Nc2ncncc2C(=O)c2cc(CN3CCc4ccccc4C3)cs2)C[C@@H]1O. The Balaban J connectivity index is 1.23. The van der Waals surface area contributed by atoms with Gasteiger partial charge < -0.3 is 10.4 Å². The van der Waals surface area contributed by atoms with E-state index < -0.39 is 22.3 Å². The number of nitrogens with zero attached hydrogens (tertiary/aromatic N) is 3. The summed E-state index contributed by atoms with van der Waals surface area (Å²) in [4.78, 5) is 24.7. The third-order valence-electron chi connectivity index (χ3n) is 6.89. The van der Waals surface area contributed by atoms with Crippen LogP contribution in [0.4, 0.5) is 5.82 Å². The number of benzene rings is 1. The van der Waals surface area contributed by atoms with E-state index in [2.05, 4.69) is 48.6 Å². The van der Waals surface area contributed by atoms with Gasteiger partial charge in [0.2, 0.25) is 5.78 Å². The fourth-order valence-corrected chi connectivity index (χ4v) is 6.27. The maximum atomic E-state index is 13.4. The van der Waals surface area contributed by atoms with Crippen molar-refractivity contribution in [2.45, 2.75) is 44.5 Å². The van der Waals surface area contributed by atoms with Gasteiger partial charge in [0.25, 0.3) is 0 Å². The van der Waals surface area contributed by atoms with E-state index in [0.717, 1.165) is 31.6 Å². The lowest BCUT2D eigenvalue weighted by atomic mass is 10.00. The molecule has 12 heteroatoms. The topological polar surface area (TPSA) is 148 Å². The molecule has 0 saturated heterocycles. The third-order valence-corrected chi connectivity index (χ3v) is 8.34. The molecule has 5 rings (SSSR count). The van der Waals surface area contributed by atoms with Gasteiger partial charge in [0, 0.05) is 37.8 Å². The number of aromatic nitrogens is 2.